The molecule has 0 bridgehead atoms. The molecule has 0 aromatic carbocycles. The lowest BCUT2D eigenvalue weighted by Crippen LogP contribution is -2.05. The first kappa shape index (κ1) is 8.98. The Balaban J connectivity index is 1.79. The SMILES string of the molecule is C1=CN=C(CC2CCCCCC2)C1. The molecule has 0 aromatic rings. The van der Waals surface area contributed by atoms with Crippen LogP contribution in [0.1, 0.15) is 51.4 Å². The van der Waals surface area contributed by atoms with E-state index in [0.717, 1.165) is 12.3 Å². The topological polar surface area (TPSA) is 12.4 Å². The highest BCUT2D eigenvalue weighted by Crippen LogP contribution is 2.26. The third-order valence-electron chi connectivity index (χ3n) is 3.22. The van der Waals surface area contributed by atoms with Gasteiger partial charge in [-0.2, -0.15) is 0 Å². The maximum absolute atomic E-state index is 4.40. The summed E-state index contributed by atoms with van der Waals surface area (Å²) in [5.41, 5.74) is 1.42. The maximum Gasteiger partial charge on any atom is 0.0231 e. The van der Waals surface area contributed by atoms with Crippen LogP contribution in [0.2, 0.25) is 0 Å². The van der Waals surface area contributed by atoms with Crippen LogP contribution >= 0.6 is 0 Å². The van der Waals surface area contributed by atoms with Gasteiger partial charge < -0.3 is 0 Å². The van der Waals surface area contributed by atoms with Crippen molar-refractivity contribution in [3.05, 3.63) is 12.3 Å². The lowest BCUT2D eigenvalue weighted by molar-refractivity contribution is 0.475. The van der Waals surface area contributed by atoms with Crippen LogP contribution in [0.15, 0.2) is 17.3 Å². The van der Waals surface area contributed by atoms with Crippen LogP contribution in [-0.4, -0.2) is 5.71 Å². The predicted octanol–water partition coefficient (Wildman–Crippen LogP) is 3.71. The van der Waals surface area contributed by atoms with E-state index in [-0.39, 0.29) is 0 Å². The lowest BCUT2D eigenvalue weighted by Gasteiger charge is -2.13. The van der Waals surface area contributed by atoms with Gasteiger partial charge in [-0.05, 0) is 12.3 Å². The minimum Gasteiger partial charge on any atom is -0.266 e. The summed E-state index contributed by atoms with van der Waals surface area (Å²) in [4.78, 5) is 4.40. The molecule has 0 aromatic heterocycles. The fourth-order valence-electron chi connectivity index (χ4n) is 2.44. The molecule has 1 aliphatic heterocycles. The van der Waals surface area contributed by atoms with Gasteiger partial charge in [0, 0.05) is 18.3 Å². The molecular weight excluding hydrogens is 158 g/mol. The summed E-state index contributed by atoms with van der Waals surface area (Å²) >= 11 is 0. The quantitative estimate of drug-likeness (QED) is 0.570. The number of aliphatic imine (C=N–C) groups is 1. The average molecular weight is 177 g/mol. The molecule has 0 radical (unpaired) electrons. The molecule has 0 saturated heterocycles. The molecule has 0 spiro atoms. The van der Waals surface area contributed by atoms with Crippen LogP contribution in [0.5, 0.6) is 0 Å². The van der Waals surface area contributed by atoms with Crippen LogP contribution in [0, 0.1) is 5.92 Å². The summed E-state index contributed by atoms with van der Waals surface area (Å²) in [6.45, 7) is 0. The first-order valence-corrected chi connectivity index (χ1v) is 5.66. The van der Waals surface area contributed by atoms with Crippen molar-refractivity contribution >= 4 is 5.71 Å². The Labute approximate surface area is 80.9 Å². The van der Waals surface area contributed by atoms with Crippen LogP contribution in [0.3, 0.4) is 0 Å². The summed E-state index contributed by atoms with van der Waals surface area (Å²) in [7, 11) is 0. The number of nitrogens with zero attached hydrogens (tertiary/aromatic N) is 1. The van der Waals surface area contributed by atoms with Crippen molar-refractivity contribution in [2.75, 3.05) is 0 Å². The van der Waals surface area contributed by atoms with Crippen LogP contribution in [-0.2, 0) is 0 Å². The minimum absolute atomic E-state index is 0.946. The third kappa shape index (κ3) is 2.68. The molecular formula is C12H19N. The Bertz CT molecular complexity index is 207. The molecule has 1 saturated carbocycles. The zero-order chi connectivity index (χ0) is 8.93. The van der Waals surface area contributed by atoms with Crippen LogP contribution < -0.4 is 0 Å². The van der Waals surface area contributed by atoms with E-state index in [2.05, 4.69) is 11.1 Å². The first-order chi connectivity index (χ1) is 6.45. The Morgan fingerprint density at radius 2 is 1.92 bits per heavy atom. The molecule has 0 N–H and O–H groups in total. The van der Waals surface area contributed by atoms with Gasteiger partial charge in [-0.25, -0.2) is 0 Å². The summed E-state index contributed by atoms with van der Waals surface area (Å²) < 4.78 is 0. The van der Waals surface area contributed by atoms with Crippen molar-refractivity contribution in [1.29, 1.82) is 0 Å². The molecule has 2 aliphatic rings. The molecule has 1 fully saturated rings. The second-order valence-electron chi connectivity index (χ2n) is 4.35. The van der Waals surface area contributed by atoms with E-state index in [9.17, 15) is 0 Å². The summed E-state index contributed by atoms with van der Waals surface area (Å²) in [6, 6.07) is 0. The van der Waals surface area contributed by atoms with Crippen molar-refractivity contribution in [2.24, 2.45) is 10.9 Å². The maximum atomic E-state index is 4.40. The highest BCUT2D eigenvalue weighted by molar-refractivity contribution is 5.88. The molecule has 1 heterocycles. The van der Waals surface area contributed by atoms with Crippen molar-refractivity contribution in [1.82, 2.24) is 0 Å². The molecule has 0 amide bonds. The molecule has 72 valence electrons. The van der Waals surface area contributed by atoms with E-state index in [0.29, 0.717) is 0 Å². The number of rotatable bonds is 2. The van der Waals surface area contributed by atoms with Crippen LogP contribution in [0.25, 0.3) is 0 Å². The Morgan fingerprint density at radius 3 is 2.54 bits per heavy atom. The monoisotopic (exact) mass is 177 g/mol. The average Bonchev–Trinajstić information content (AvgIpc) is 2.49. The van der Waals surface area contributed by atoms with Gasteiger partial charge in [-0.3, -0.25) is 4.99 Å². The first-order valence-electron chi connectivity index (χ1n) is 5.66. The van der Waals surface area contributed by atoms with Crippen LogP contribution in [0.4, 0.5) is 0 Å². The van der Waals surface area contributed by atoms with Gasteiger partial charge in [-0.15, -0.1) is 0 Å². The van der Waals surface area contributed by atoms with E-state index in [1.807, 2.05) is 6.20 Å². The Kier molecular flexibility index (Phi) is 3.17. The van der Waals surface area contributed by atoms with Gasteiger partial charge in [0.2, 0.25) is 0 Å². The molecule has 0 atom stereocenters. The second kappa shape index (κ2) is 4.59. The van der Waals surface area contributed by atoms with Crippen molar-refractivity contribution < 1.29 is 0 Å². The van der Waals surface area contributed by atoms with Gasteiger partial charge in [0.05, 0.1) is 0 Å². The highest BCUT2D eigenvalue weighted by Gasteiger charge is 2.14. The zero-order valence-corrected chi connectivity index (χ0v) is 8.34. The number of allylic oxidation sites excluding steroid dienone is 1. The van der Waals surface area contributed by atoms with Gasteiger partial charge in [-0.1, -0.05) is 44.6 Å². The van der Waals surface area contributed by atoms with Gasteiger partial charge >= 0.3 is 0 Å². The molecule has 0 unspecified atom stereocenters. The van der Waals surface area contributed by atoms with Crippen molar-refractivity contribution in [3.8, 4) is 0 Å². The molecule has 1 heteroatoms. The Hall–Kier alpha value is -0.590. The lowest BCUT2D eigenvalue weighted by atomic mass is 9.93. The van der Waals surface area contributed by atoms with Gasteiger partial charge in [0.1, 0.15) is 0 Å². The normalized spacial score (nSPS) is 24.5. The van der Waals surface area contributed by atoms with Gasteiger partial charge in [0.15, 0.2) is 0 Å². The van der Waals surface area contributed by atoms with E-state index < -0.39 is 0 Å². The third-order valence-corrected chi connectivity index (χ3v) is 3.22. The number of hydrogen-bond donors (Lipinski definition) is 0. The fourth-order valence-corrected chi connectivity index (χ4v) is 2.44. The van der Waals surface area contributed by atoms with Crippen molar-refractivity contribution in [3.63, 3.8) is 0 Å². The van der Waals surface area contributed by atoms with Gasteiger partial charge in [0.25, 0.3) is 0 Å². The summed E-state index contributed by atoms with van der Waals surface area (Å²) in [6.07, 6.45) is 15.2. The fraction of sp³-hybridized carbons (Fsp3) is 0.750. The molecule has 1 aliphatic carbocycles. The number of hydrogen-bond acceptors (Lipinski definition) is 1. The largest absolute Gasteiger partial charge is 0.266 e. The minimum atomic E-state index is 0.946. The van der Waals surface area contributed by atoms with E-state index in [1.54, 1.807) is 0 Å². The zero-order valence-electron chi connectivity index (χ0n) is 8.34. The highest BCUT2D eigenvalue weighted by atomic mass is 14.7. The standard InChI is InChI=1S/C12H19N/c1-2-4-7-11(6-3-1)10-12-8-5-9-13-12/h5,9,11H,1-4,6-8,10H2. The summed E-state index contributed by atoms with van der Waals surface area (Å²) in [5.74, 6) is 0.946. The van der Waals surface area contributed by atoms with E-state index in [1.165, 1.54) is 50.7 Å². The predicted molar refractivity (Wildman–Crippen MR) is 57.0 cm³/mol. The smallest absolute Gasteiger partial charge is 0.0231 e. The molecule has 13 heavy (non-hydrogen) atoms. The second-order valence-corrected chi connectivity index (χ2v) is 4.35. The van der Waals surface area contributed by atoms with E-state index >= 15 is 0 Å². The Morgan fingerprint density at radius 1 is 1.15 bits per heavy atom. The van der Waals surface area contributed by atoms with Crippen molar-refractivity contribution in [2.45, 2.75) is 51.4 Å². The summed E-state index contributed by atoms with van der Waals surface area (Å²) in [5, 5.41) is 0. The van der Waals surface area contributed by atoms with E-state index in [4.69, 9.17) is 0 Å². The molecule has 1 nitrogen and oxygen atoms in total. The molecule has 2 rings (SSSR count).